The minimum Gasteiger partial charge on any atom is -0.496 e. The summed E-state index contributed by atoms with van der Waals surface area (Å²) in [7, 11) is 1.64. The number of benzene rings is 3. The van der Waals surface area contributed by atoms with Crippen molar-refractivity contribution in [3.63, 3.8) is 0 Å². The van der Waals surface area contributed by atoms with Crippen LogP contribution in [0.1, 0.15) is 5.56 Å². The molecule has 0 amide bonds. The van der Waals surface area contributed by atoms with Gasteiger partial charge in [0.1, 0.15) is 17.3 Å². The first-order chi connectivity index (χ1) is 11.7. The number of hydrogen-bond acceptors (Lipinski definition) is 3. The standard InChI is InChI=1S/C20H16N2O2/c1-23-17-9-8-12-6-7-13(20(21)22)10-16(12)18(17)19-15-5-3-2-4-14(15)11-24-19/h2-11H,1H3,(H3,21,22). The van der Waals surface area contributed by atoms with Crippen LogP contribution in [-0.4, -0.2) is 12.9 Å². The summed E-state index contributed by atoms with van der Waals surface area (Å²) in [5.74, 6) is 1.52. The summed E-state index contributed by atoms with van der Waals surface area (Å²) in [5, 5.41) is 11.8. The van der Waals surface area contributed by atoms with Crippen molar-refractivity contribution in [2.75, 3.05) is 7.11 Å². The molecule has 4 rings (SSSR count). The molecule has 4 nitrogen and oxygen atoms in total. The van der Waals surface area contributed by atoms with Gasteiger partial charge in [0.2, 0.25) is 0 Å². The van der Waals surface area contributed by atoms with Crippen molar-refractivity contribution in [2.45, 2.75) is 0 Å². The topological polar surface area (TPSA) is 72.2 Å². The van der Waals surface area contributed by atoms with E-state index in [0.29, 0.717) is 5.56 Å². The molecular formula is C20H16N2O2. The Morgan fingerprint density at radius 1 is 1.00 bits per heavy atom. The first kappa shape index (κ1) is 14.3. The number of nitrogens with one attached hydrogen (secondary N) is 1. The van der Waals surface area contributed by atoms with Crippen LogP contribution in [0.15, 0.2) is 65.3 Å². The van der Waals surface area contributed by atoms with Crippen LogP contribution >= 0.6 is 0 Å². The quantitative estimate of drug-likeness (QED) is 0.430. The maximum Gasteiger partial charge on any atom is 0.146 e. The lowest BCUT2D eigenvalue weighted by molar-refractivity contribution is 0.415. The van der Waals surface area contributed by atoms with Gasteiger partial charge in [0.15, 0.2) is 0 Å². The van der Waals surface area contributed by atoms with Gasteiger partial charge < -0.3 is 14.9 Å². The van der Waals surface area contributed by atoms with E-state index in [9.17, 15) is 0 Å². The Kier molecular flexibility index (Phi) is 3.24. The van der Waals surface area contributed by atoms with E-state index >= 15 is 0 Å². The minimum atomic E-state index is 0.0370. The monoisotopic (exact) mass is 316 g/mol. The normalized spacial score (nSPS) is 11.0. The van der Waals surface area contributed by atoms with Crippen molar-refractivity contribution in [3.8, 4) is 17.1 Å². The SMILES string of the molecule is COc1ccc2ccc(C(=N)N)cc2c1-c1occ2ccccc12. The van der Waals surface area contributed by atoms with Crippen LogP contribution in [0.3, 0.4) is 0 Å². The number of nitrogens with two attached hydrogens (primary N) is 1. The van der Waals surface area contributed by atoms with Crippen molar-refractivity contribution in [1.29, 1.82) is 5.41 Å². The fourth-order valence-electron chi connectivity index (χ4n) is 3.06. The van der Waals surface area contributed by atoms with Crippen molar-refractivity contribution in [1.82, 2.24) is 0 Å². The highest BCUT2D eigenvalue weighted by Crippen LogP contribution is 2.41. The van der Waals surface area contributed by atoms with Crippen LogP contribution in [0.2, 0.25) is 0 Å². The molecule has 3 aromatic carbocycles. The summed E-state index contributed by atoms with van der Waals surface area (Å²) in [6.07, 6.45) is 1.75. The Morgan fingerprint density at radius 3 is 2.58 bits per heavy atom. The van der Waals surface area contributed by atoms with Gasteiger partial charge >= 0.3 is 0 Å². The number of amidine groups is 1. The highest BCUT2D eigenvalue weighted by atomic mass is 16.5. The van der Waals surface area contributed by atoms with Crippen molar-refractivity contribution in [2.24, 2.45) is 5.73 Å². The second-order valence-electron chi connectivity index (χ2n) is 5.64. The lowest BCUT2D eigenvalue weighted by Crippen LogP contribution is -2.10. The fourth-order valence-corrected chi connectivity index (χ4v) is 3.06. The average molecular weight is 316 g/mol. The fraction of sp³-hybridized carbons (Fsp3) is 0.0500. The van der Waals surface area contributed by atoms with Crippen molar-refractivity contribution < 1.29 is 9.15 Å². The van der Waals surface area contributed by atoms with Gasteiger partial charge in [0, 0.05) is 16.3 Å². The van der Waals surface area contributed by atoms with Crippen molar-refractivity contribution >= 4 is 27.4 Å². The van der Waals surface area contributed by atoms with Gasteiger partial charge in [-0.25, -0.2) is 0 Å². The maximum absolute atomic E-state index is 7.71. The molecule has 0 aliphatic heterocycles. The number of methoxy groups -OCH3 is 1. The largest absolute Gasteiger partial charge is 0.496 e. The van der Waals surface area contributed by atoms with E-state index in [-0.39, 0.29) is 5.84 Å². The lowest BCUT2D eigenvalue weighted by atomic mass is 9.97. The van der Waals surface area contributed by atoms with Crippen LogP contribution in [0.25, 0.3) is 32.9 Å². The first-order valence-electron chi connectivity index (χ1n) is 7.61. The molecule has 0 radical (unpaired) electrons. The number of rotatable bonds is 3. The van der Waals surface area contributed by atoms with E-state index in [0.717, 1.165) is 38.6 Å². The zero-order valence-corrected chi connectivity index (χ0v) is 13.2. The van der Waals surface area contributed by atoms with Crippen LogP contribution in [0.5, 0.6) is 5.75 Å². The van der Waals surface area contributed by atoms with E-state index in [4.69, 9.17) is 20.3 Å². The molecule has 0 spiro atoms. The zero-order valence-electron chi connectivity index (χ0n) is 13.2. The van der Waals surface area contributed by atoms with Gasteiger partial charge in [-0.2, -0.15) is 0 Å². The second-order valence-corrected chi connectivity index (χ2v) is 5.64. The molecule has 0 saturated carbocycles. The Balaban J connectivity index is 2.12. The van der Waals surface area contributed by atoms with Crippen LogP contribution in [0, 0.1) is 5.41 Å². The summed E-state index contributed by atoms with van der Waals surface area (Å²) in [6, 6.07) is 17.7. The van der Waals surface area contributed by atoms with E-state index in [1.807, 2.05) is 54.6 Å². The molecule has 4 aromatic rings. The lowest BCUT2D eigenvalue weighted by Gasteiger charge is -2.12. The Labute approximate surface area is 139 Å². The second kappa shape index (κ2) is 5.42. The van der Waals surface area contributed by atoms with Gasteiger partial charge in [0.05, 0.1) is 18.9 Å². The molecule has 1 aromatic heterocycles. The molecule has 24 heavy (non-hydrogen) atoms. The molecule has 0 atom stereocenters. The molecule has 0 fully saturated rings. The molecule has 0 saturated heterocycles. The summed E-state index contributed by atoms with van der Waals surface area (Å²) >= 11 is 0. The maximum atomic E-state index is 7.71. The van der Waals surface area contributed by atoms with Gasteiger partial charge in [0.25, 0.3) is 0 Å². The first-order valence-corrected chi connectivity index (χ1v) is 7.61. The zero-order chi connectivity index (χ0) is 16.7. The molecule has 118 valence electrons. The number of ether oxygens (including phenoxy) is 1. The summed E-state index contributed by atoms with van der Waals surface area (Å²) < 4.78 is 11.5. The summed E-state index contributed by atoms with van der Waals surface area (Å²) in [4.78, 5) is 0. The van der Waals surface area contributed by atoms with E-state index in [1.165, 1.54) is 0 Å². The third-order valence-corrected chi connectivity index (χ3v) is 4.25. The number of nitrogen functional groups attached to an aromatic ring is 1. The molecule has 0 bridgehead atoms. The molecule has 0 aliphatic carbocycles. The van der Waals surface area contributed by atoms with Crippen LogP contribution < -0.4 is 10.5 Å². The van der Waals surface area contributed by atoms with Gasteiger partial charge in [-0.05, 0) is 22.9 Å². The Hall–Kier alpha value is -3.27. The Bertz CT molecular complexity index is 1080. The molecule has 0 aliphatic rings. The van der Waals surface area contributed by atoms with Crippen molar-refractivity contribution in [3.05, 3.63) is 66.4 Å². The number of hydrogen-bond donors (Lipinski definition) is 2. The molecule has 1 heterocycles. The number of furan rings is 1. The smallest absolute Gasteiger partial charge is 0.146 e. The Morgan fingerprint density at radius 2 is 1.79 bits per heavy atom. The molecular weight excluding hydrogens is 300 g/mol. The van der Waals surface area contributed by atoms with Crippen LogP contribution in [0.4, 0.5) is 0 Å². The third-order valence-electron chi connectivity index (χ3n) is 4.25. The summed E-state index contributed by atoms with van der Waals surface area (Å²) in [5.41, 5.74) is 7.21. The van der Waals surface area contributed by atoms with Crippen LogP contribution in [-0.2, 0) is 0 Å². The predicted molar refractivity (Wildman–Crippen MR) is 96.7 cm³/mol. The third kappa shape index (κ3) is 2.12. The highest BCUT2D eigenvalue weighted by molar-refractivity contribution is 6.08. The molecule has 3 N–H and O–H groups in total. The average Bonchev–Trinajstić information content (AvgIpc) is 3.03. The van der Waals surface area contributed by atoms with Gasteiger partial charge in [-0.15, -0.1) is 0 Å². The van der Waals surface area contributed by atoms with E-state index < -0.39 is 0 Å². The van der Waals surface area contributed by atoms with E-state index in [2.05, 4.69) is 0 Å². The van der Waals surface area contributed by atoms with Gasteiger partial charge in [-0.3, -0.25) is 5.41 Å². The highest BCUT2D eigenvalue weighted by Gasteiger charge is 2.17. The molecule has 4 heteroatoms. The van der Waals surface area contributed by atoms with Gasteiger partial charge in [-0.1, -0.05) is 42.5 Å². The summed E-state index contributed by atoms with van der Waals surface area (Å²) in [6.45, 7) is 0. The predicted octanol–water partition coefficient (Wildman–Crippen LogP) is 4.55. The minimum absolute atomic E-state index is 0.0370. The number of fused-ring (bicyclic) bond motifs is 2. The van der Waals surface area contributed by atoms with E-state index in [1.54, 1.807) is 13.4 Å². The molecule has 0 unspecified atom stereocenters.